The van der Waals surface area contributed by atoms with E-state index >= 15 is 0 Å². The van der Waals surface area contributed by atoms with Gasteiger partial charge in [-0.2, -0.15) is 0 Å². The third-order valence-electron chi connectivity index (χ3n) is 3.89. The van der Waals surface area contributed by atoms with Crippen LogP contribution >= 0.6 is 34.8 Å². The van der Waals surface area contributed by atoms with E-state index in [9.17, 15) is 0 Å². The first-order chi connectivity index (χ1) is 11.5. The van der Waals surface area contributed by atoms with E-state index in [4.69, 9.17) is 40.5 Å². The van der Waals surface area contributed by atoms with Crippen molar-refractivity contribution in [2.75, 3.05) is 0 Å². The van der Waals surface area contributed by atoms with Gasteiger partial charge in [-0.25, -0.2) is 0 Å². The van der Waals surface area contributed by atoms with Gasteiger partial charge in [0, 0.05) is 22.7 Å². The van der Waals surface area contributed by atoms with Gasteiger partial charge >= 0.3 is 0 Å². The Hall–Kier alpha value is -1.58. The summed E-state index contributed by atoms with van der Waals surface area (Å²) in [6.07, 6.45) is 2.15. The average Bonchev–Trinajstić information content (AvgIpc) is 2.55. The fourth-order valence-electron chi connectivity index (χ4n) is 2.71. The monoisotopic (exact) mass is 376 g/mol. The molecular weight excluding hydrogens is 363 g/mol. The van der Waals surface area contributed by atoms with Gasteiger partial charge in [-0.15, -0.1) is 0 Å². The predicted octanol–water partition coefficient (Wildman–Crippen LogP) is 5.49. The molecule has 2 nitrogen and oxygen atoms in total. The molecular formula is C19H15Cl3N2. The molecule has 0 aliphatic rings. The largest absolute Gasteiger partial charge is 0.316 e. The number of halogens is 3. The molecule has 0 bridgehead atoms. The number of aromatic nitrogens is 1. The van der Waals surface area contributed by atoms with Crippen LogP contribution in [0.25, 0.3) is 0 Å². The maximum absolute atomic E-state index is 6.84. The number of pyridine rings is 1. The fraction of sp³-hybridized carbons (Fsp3) is 0.105. The molecule has 5 heteroatoms. The predicted molar refractivity (Wildman–Crippen MR) is 101 cm³/mol. The van der Waals surface area contributed by atoms with Gasteiger partial charge in [0.25, 0.3) is 0 Å². The zero-order chi connectivity index (χ0) is 17.2. The minimum absolute atomic E-state index is 0.536. The van der Waals surface area contributed by atoms with Crippen LogP contribution in [0.1, 0.15) is 16.8 Å². The molecule has 0 amide bonds. The number of nitrogens with zero attached hydrogens (tertiary/aromatic N) is 1. The maximum atomic E-state index is 6.84. The van der Waals surface area contributed by atoms with Crippen LogP contribution in [-0.2, 0) is 12.0 Å². The Bertz CT molecular complexity index is 815. The highest BCUT2D eigenvalue weighted by molar-refractivity contribution is 6.34. The molecule has 122 valence electrons. The van der Waals surface area contributed by atoms with Crippen molar-refractivity contribution in [3.05, 3.63) is 98.7 Å². The van der Waals surface area contributed by atoms with Gasteiger partial charge in [0.05, 0.1) is 16.3 Å². The Labute approximate surface area is 156 Å². The highest BCUT2D eigenvalue weighted by atomic mass is 35.5. The molecule has 1 unspecified atom stereocenters. The maximum Gasteiger partial charge on any atom is 0.0880 e. The van der Waals surface area contributed by atoms with E-state index in [0.717, 1.165) is 11.1 Å². The van der Waals surface area contributed by atoms with Gasteiger partial charge in [-0.1, -0.05) is 65.1 Å². The van der Waals surface area contributed by atoms with Crippen molar-refractivity contribution in [3.8, 4) is 0 Å². The van der Waals surface area contributed by atoms with E-state index in [0.29, 0.717) is 27.2 Å². The third-order valence-corrected chi connectivity index (χ3v) is 4.55. The molecule has 1 heterocycles. The second-order valence-electron chi connectivity index (χ2n) is 5.65. The second-order valence-corrected chi connectivity index (χ2v) is 6.96. The Balaban J connectivity index is 2.14. The van der Waals surface area contributed by atoms with Crippen molar-refractivity contribution in [1.29, 1.82) is 0 Å². The molecule has 1 aromatic heterocycles. The second kappa shape index (κ2) is 7.12. The number of nitrogens with two attached hydrogens (primary N) is 1. The van der Waals surface area contributed by atoms with Crippen LogP contribution in [0.5, 0.6) is 0 Å². The Morgan fingerprint density at radius 1 is 0.833 bits per heavy atom. The quantitative estimate of drug-likeness (QED) is 0.653. The van der Waals surface area contributed by atoms with Gasteiger partial charge < -0.3 is 5.73 Å². The summed E-state index contributed by atoms with van der Waals surface area (Å²) in [5.74, 6) is 0. The Morgan fingerprint density at radius 3 is 2.08 bits per heavy atom. The van der Waals surface area contributed by atoms with Crippen LogP contribution in [0, 0.1) is 0 Å². The molecule has 0 spiro atoms. The van der Waals surface area contributed by atoms with Crippen molar-refractivity contribution in [3.63, 3.8) is 0 Å². The van der Waals surface area contributed by atoms with Crippen molar-refractivity contribution in [1.82, 2.24) is 4.98 Å². The summed E-state index contributed by atoms with van der Waals surface area (Å²) in [4.78, 5) is 4.44. The molecule has 0 saturated heterocycles. The molecule has 1 atom stereocenters. The van der Waals surface area contributed by atoms with E-state index in [1.807, 2.05) is 48.5 Å². The van der Waals surface area contributed by atoms with E-state index in [1.165, 1.54) is 0 Å². The normalized spacial score (nSPS) is 13.5. The van der Waals surface area contributed by atoms with Crippen molar-refractivity contribution in [2.24, 2.45) is 5.73 Å². The van der Waals surface area contributed by atoms with Crippen LogP contribution in [0.15, 0.2) is 66.9 Å². The average molecular weight is 378 g/mol. The SMILES string of the molecule is NC(Cc1ccccc1)(c1cc(Cl)cc(Cl)c1)c1ccc(Cl)cn1. The van der Waals surface area contributed by atoms with Gasteiger partial charge in [0.15, 0.2) is 0 Å². The van der Waals surface area contributed by atoms with E-state index in [-0.39, 0.29) is 0 Å². The highest BCUT2D eigenvalue weighted by Crippen LogP contribution is 2.33. The zero-order valence-electron chi connectivity index (χ0n) is 12.7. The molecule has 0 fully saturated rings. The molecule has 0 radical (unpaired) electrons. The van der Waals surface area contributed by atoms with Crippen LogP contribution in [0.4, 0.5) is 0 Å². The Morgan fingerprint density at radius 2 is 1.50 bits per heavy atom. The summed E-state index contributed by atoms with van der Waals surface area (Å²) < 4.78 is 0. The van der Waals surface area contributed by atoms with Gasteiger partial charge in [-0.3, -0.25) is 4.98 Å². The molecule has 3 rings (SSSR count). The molecule has 0 aliphatic heterocycles. The molecule has 2 N–H and O–H groups in total. The van der Waals surface area contributed by atoms with Gasteiger partial charge in [-0.05, 0) is 41.5 Å². The van der Waals surface area contributed by atoms with Crippen LogP contribution < -0.4 is 5.73 Å². The number of benzene rings is 2. The highest BCUT2D eigenvalue weighted by Gasteiger charge is 2.32. The van der Waals surface area contributed by atoms with E-state index < -0.39 is 5.54 Å². The topological polar surface area (TPSA) is 38.9 Å². The van der Waals surface area contributed by atoms with Gasteiger partial charge in [0.1, 0.15) is 0 Å². The molecule has 0 aliphatic carbocycles. The van der Waals surface area contributed by atoms with E-state index in [2.05, 4.69) is 4.98 Å². The summed E-state index contributed by atoms with van der Waals surface area (Å²) in [6, 6.07) is 18.9. The smallest absolute Gasteiger partial charge is 0.0880 e. The lowest BCUT2D eigenvalue weighted by Crippen LogP contribution is -2.41. The fourth-order valence-corrected chi connectivity index (χ4v) is 3.35. The van der Waals surface area contributed by atoms with Crippen molar-refractivity contribution >= 4 is 34.8 Å². The van der Waals surface area contributed by atoms with Crippen LogP contribution in [0.2, 0.25) is 15.1 Å². The first kappa shape index (κ1) is 17.2. The summed E-state index contributed by atoms with van der Waals surface area (Å²) in [7, 11) is 0. The van der Waals surface area contributed by atoms with Gasteiger partial charge in [0.2, 0.25) is 0 Å². The minimum Gasteiger partial charge on any atom is -0.316 e. The summed E-state index contributed by atoms with van der Waals surface area (Å²) in [6.45, 7) is 0. The molecule has 0 saturated carbocycles. The summed E-state index contributed by atoms with van der Waals surface area (Å²) in [5, 5.41) is 1.63. The first-order valence-electron chi connectivity index (χ1n) is 7.39. The standard InChI is InChI=1S/C19H15Cl3N2/c20-15-6-7-18(24-12-15)19(23,11-13-4-2-1-3-5-13)14-8-16(21)10-17(22)9-14/h1-10,12H,11,23H2. The third kappa shape index (κ3) is 3.73. The lowest BCUT2D eigenvalue weighted by Gasteiger charge is -2.30. The molecule has 24 heavy (non-hydrogen) atoms. The summed E-state index contributed by atoms with van der Waals surface area (Å²) in [5.41, 5.74) is 8.56. The number of rotatable bonds is 4. The van der Waals surface area contributed by atoms with E-state index in [1.54, 1.807) is 18.3 Å². The lowest BCUT2D eigenvalue weighted by atomic mass is 9.81. The van der Waals surface area contributed by atoms with Crippen molar-refractivity contribution in [2.45, 2.75) is 12.0 Å². The molecule has 2 aromatic carbocycles. The van der Waals surface area contributed by atoms with Crippen molar-refractivity contribution < 1.29 is 0 Å². The first-order valence-corrected chi connectivity index (χ1v) is 8.52. The number of hydrogen-bond acceptors (Lipinski definition) is 2. The zero-order valence-corrected chi connectivity index (χ0v) is 15.0. The minimum atomic E-state index is -0.875. The number of hydrogen-bond donors (Lipinski definition) is 1. The Kier molecular flexibility index (Phi) is 5.12. The van der Waals surface area contributed by atoms with Crippen LogP contribution in [0.3, 0.4) is 0 Å². The lowest BCUT2D eigenvalue weighted by molar-refractivity contribution is 0.518. The van der Waals surface area contributed by atoms with Crippen LogP contribution in [-0.4, -0.2) is 4.98 Å². The molecule has 3 aromatic rings. The summed E-state index contributed by atoms with van der Waals surface area (Å²) >= 11 is 18.4.